The van der Waals surface area contributed by atoms with Crippen LogP contribution in [0.25, 0.3) is 0 Å². The number of hydrogen-bond acceptors (Lipinski definition) is 4. The standard InChI is InChI=1S/C4H3NO2.2H3O3P/c6-3-1-2-4(7)5-3;2*1-4(2)3/h1-2H,(H,5,6,7);2*4H,(H2,1,2,3). The molecule has 0 radical (unpaired) electrons. The second-order valence-corrected chi connectivity index (χ2v) is 2.88. The molecule has 1 aliphatic rings. The molecule has 1 aliphatic heterocycles. The summed E-state index contributed by atoms with van der Waals surface area (Å²) < 4.78 is 17.5. The summed E-state index contributed by atoms with van der Waals surface area (Å²) in [7, 11) is -6.26. The first-order valence-corrected chi connectivity index (χ1v) is 5.73. The fraction of sp³-hybridized carbons (Fsp3) is 0. The van der Waals surface area contributed by atoms with Gasteiger partial charge in [0.15, 0.2) is 0 Å². The molecule has 2 amide bonds. The van der Waals surface area contributed by atoms with Crippen LogP contribution in [0.2, 0.25) is 0 Å². The summed E-state index contributed by atoms with van der Waals surface area (Å²) >= 11 is 0. The maximum absolute atomic E-state index is 10.0. The van der Waals surface area contributed by atoms with Crippen molar-refractivity contribution in [1.82, 2.24) is 5.32 Å². The Morgan fingerprint density at radius 3 is 1.13 bits per heavy atom. The van der Waals surface area contributed by atoms with E-state index in [1.165, 1.54) is 12.2 Å². The third-order valence-corrected chi connectivity index (χ3v) is 0.632. The monoisotopic (exact) mass is 261 g/mol. The van der Waals surface area contributed by atoms with Crippen LogP contribution in [0.3, 0.4) is 0 Å². The minimum absolute atomic E-state index is 0.329. The van der Waals surface area contributed by atoms with Gasteiger partial charge in [-0.15, -0.1) is 0 Å². The number of rotatable bonds is 0. The van der Waals surface area contributed by atoms with Crippen LogP contribution >= 0.6 is 16.5 Å². The molecule has 15 heavy (non-hydrogen) atoms. The second-order valence-electron chi connectivity index (χ2n) is 1.75. The zero-order chi connectivity index (χ0) is 12.4. The van der Waals surface area contributed by atoms with Gasteiger partial charge in [0.25, 0.3) is 11.8 Å². The van der Waals surface area contributed by atoms with Gasteiger partial charge < -0.3 is 19.6 Å². The molecule has 9 nitrogen and oxygen atoms in total. The van der Waals surface area contributed by atoms with E-state index in [9.17, 15) is 9.59 Å². The van der Waals surface area contributed by atoms with E-state index in [0.717, 1.165) is 0 Å². The van der Waals surface area contributed by atoms with E-state index >= 15 is 0 Å². The summed E-state index contributed by atoms with van der Waals surface area (Å²) in [4.78, 5) is 48.7. The predicted octanol–water partition coefficient (Wildman–Crippen LogP) is -2.08. The molecule has 0 unspecified atom stereocenters. The molecule has 11 heteroatoms. The Morgan fingerprint density at radius 1 is 0.867 bits per heavy atom. The van der Waals surface area contributed by atoms with Crippen molar-refractivity contribution in [3.05, 3.63) is 12.2 Å². The highest BCUT2D eigenvalue weighted by Crippen LogP contribution is 1.98. The first-order valence-electron chi connectivity index (χ1n) is 3.12. The largest absolute Gasteiger partial charge is 0.326 e. The van der Waals surface area contributed by atoms with E-state index in [0.29, 0.717) is 0 Å². The first kappa shape index (κ1) is 16.6. The molecular weight excluding hydrogens is 252 g/mol. The third kappa shape index (κ3) is 24.6. The van der Waals surface area contributed by atoms with Crippen molar-refractivity contribution in [2.75, 3.05) is 0 Å². The smallest absolute Gasteiger partial charge is 0.314 e. The second kappa shape index (κ2) is 9.72. The fourth-order valence-corrected chi connectivity index (χ4v) is 0.356. The van der Waals surface area contributed by atoms with Gasteiger partial charge in [-0.05, 0) is 0 Å². The Balaban J connectivity index is 0. The molecule has 0 aromatic heterocycles. The van der Waals surface area contributed by atoms with E-state index in [-0.39, 0.29) is 11.8 Å². The molecule has 0 aliphatic carbocycles. The molecule has 1 rings (SSSR count). The highest BCUT2D eigenvalue weighted by Gasteiger charge is 2.06. The van der Waals surface area contributed by atoms with Gasteiger partial charge in [-0.25, -0.2) is 0 Å². The van der Waals surface area contributed by atoms with Gasteiger partial charge in [0.05, 0.1) is 0 Å². The van der Waals surface area contributed by atoms with Crippen LogP contribution in [0, 0.1) is 0 Å². The van der Waals surface area contributed by atoms with Gasteiger partial charge >= 0.3 is 16.5 Å². The number of hydrogen-bond donors (Lipinski definition) is 5. The normalized spacial score (nSPS) is 12.9. The summed E-state index contributed by atoms with van der Waals surface area (Å²) in [6.45, 7) is 0. The van der Waals surface area contributed by atoms with Crippen molar-refractivity contribution in [2.24, 2.45) is 0 Å². The molecule has 88 valence electrons. The lowest BCUT2D eigenvalue weighted by Crippen LogP contribution is -2.19. The third-order valence-electron chi connectivity index (χ3n) is 0.632. The van der Waals surface area contributed by atoms with E-state index in [1.54, 1.807) is 0 Å². The first-order chi connectivity index (χ1) is 6.75. The molecule has 5 N–H and O–H groups in total. The van der Waals surface area contributed by atoms with Crippen LogP contribution in [0.1, 0.15) is 0 Å². The average Bonchev–Trinajstić information content (AvgIpc) is 2.31. The predicted molar refractivity (Wildman–Crippen MR) is 49.2 cm³/mol. The van der Waals surface area contributed by atoms with Crippen molar-refractivity contribution in [1.29, 1.82) is 0 Å². The van der Waals surface area contributed by atoms with Crippen LogP contribution in [0.5, 0.6) is 0 Å². The lowest BCUT2D eigenvalue weighted by Gasteiger charge is -1.80. The summed E-state index contributed by atoms with van der Waals surface area (Å²) in [5, 5.41) is 2.03. The van der Waals surface area contributed by atoms with E-state index in [2.05, 4.69) is 0 Å². The summed E-state index contributed by atoms with van der Waals surface area (Å²) in [6.07, 6.45) is 2.39. The summed E-state index contributed by atoms with van der Waals surface area (Å²) in [5.74, 6) is -0.657. The highest BCUT2D eigenvalue weighted by molar-refractivity contribution is 7.31. The Labute approximate surface area is 85.0 Å². The Kier molecular flexibility index (Phi) is 10.8. The lowest BCUT2D eigenvalue weighted by molar-refractivity contribution is -0.123. The van der Waals surface area contributed by atoms with Crippen LogP contribution in [-0.4, -0.2) is 31.4 Å². The molecule has 0 atom stereocenters. The maximum Gasteiger partial charge on any atom is 0.314 e. The number of carbonyl (C=O) groups is 2. The van der Waals surface area contributed by atoms with Gasteiger partial charge in [0.1, 0.15) is 0 Å². The molecule has 0 bridgehead atoms. The zero-order valence-corrected chi connectivity index (χ0v) is 9.08. The van der Waals surface area contributed by atoms with Crippen LogP contribution < -0.4 is 5.32 Å². The summed E-state index contributed by atoms with van der Waals surface area (Å²) in [5.41, 5.74) is 0. The number of carbonyl (C=O) groups excluding carboxylic acids is 2. The van der Waals surface area contributed by atoms with Crippen molar-refractivity contribution < 1.29 is 38.3 Å². The van der Waals surface area contributed by atoms with Crippen molar-refractivity contribution in [3.63, 3.8) is 0 Å². The van der Waals surface area contributed by atoms with Crippen LogP contribution in [0.15, 0.2) is 12.2 Å². The summed E-state index contributed by atoms with van der Waals surface area (Å²) in [6, 6.07) is 0. The van der Waals surface area contributed by atoms with Gasteiger partial charge in [0.2, 0.25) is 0 Å². The Morgan fingerprint density at radius 2 is 1.07 bits per heavy atom. The lowest BCUT2D eigenvalue weighted by atomic mass is 10.6. The minimum atomic E-state index is -3.13. The molecule has 0 aromatic carbocycles. The number of amides is 2. The average molecular weight is 261 g/mol. The van der Waals surface area contributed by atoms with Crippen molar-refractivity contribution >= 4 is 28.3 Å². The fourth-order valence-electron chi connectivity index (χ4n) is 0.356. The molecule has 0 fully saturated rings. The van der Waals surface area contributed by atoms with Gasteiger partial charge in [-0.1, -0.05) is 0 Å². The minimum Gasteiger partial charge on any atom is -0.326 e. The molecule has 0 saturated carbocycles. The molecule has 1 heterocycles. The van der Waals surface area contributed by atoms with E-state index < -0.39 is 16.5 Å². The topological polar surface area (TPSA) is 161 Å². The number of nitrogens with one attached hydrogen (secondary N) is 1. The maximum atomic E-state index is 10.0. The van der Waals surface area contributed by atoms with Gasteiger partial charge in [0, 0.05) is 12.2 Å². The van der Waals surface area contributed by atoms with Gasteiger partial charge in [-0.2, -0.15) is 0 Å². The Bertz CT molecular complexity index is 263. The van der Waals surface area contributed by atoms with Crippen LogP contribution in [-0.2, 0) is 18.7 Å². The molecule has 0 aromatic rings. The Hall–Kier alpha value is -0.820. The molecular formula is C4H9NO8P2. The van der Waals surface area contributed by atoms with E-state index in [4.69, 9.17) is 28.7 Å². The number of imide groups is 1. The molecule has 0 spiro atoms. The SMILES string of the molecule is O=C1C=CC(=O)N1.O=[PH](O)O.O=[PH](O)O. The van der Waals surface area contributed by atoms with Crippen molar-refractivity contribution in [3.8, 4) is 0 Å². The van der Waals surface area contributed by atoms with Gasteiger partial charge in [-0.3, -0.25) is 24.0 Å². The molecule has 0 saturated heterocycles. The quantitative estimate of drug-likeness (QED) is 0.245. The van der Waals surface area contributed by atoms with Crippen molar-refractivity contribution in [2.45, 2.75) is 0 Å². The zero-order valence-electron chi connectivity index (χ0n) is 7.08. The van der Waals surface area contributed by atoms with Crippen LogP contribution in [0.4, 0.5) is 0 Å². The highest BCUT2D eigenvalue weighted by atomic mass is 31.1. The van der Waals surface area contributed by atoms with E-state index in [1.807, 2.05) is 5.32 Å².